The number of ether oxygens (including phenoxy) is 1. The highest BCUT2D eigenvalue weighted by Crippen LogP contribution is 2.44. The zero-order chi connectivity index (χ0) is 19.1. The number of nitrogens with one attached hydrogen (secondary N) is 1. The van der Waals surface area contributed by atoms with E-state index in [1.54, 1.807) is 4.98 Å². The van der Waals surface area contributed by atoms with E-state index in [1.807, 2.05) is 0 Å². The summed E-state index contributed by atoms with van der Waals surface area (Å²) >= 11 is 0. The largest absolute Gasteiger partial charge is 0.437 e. The van der Waals surface area contributed by atoms with Crippen LogP contribution in [0.5, 0.6) is 0 Å². The number of nitrogens with zero attached hydrogens (tertiary/aromatic N) is 3. The number of H-pyrrole nitrogens is 1. The molecule has 1 aliphatic rings. The summed E-state index contributed by atoms with van der Waals surface area (Å²) < 4.78 is 36.9. The minimum atomic E-state index is -4.31. The molecule has 1 unspecified atom stereocenters. The summed E-state index contributed by atoms with van der Waals surface area (Å²) in [7, 11) is -4.31. The van der Waals surface area contributed by atoms with E-state index < -0.39 is 56.0 Å². The summed E-state index contributed by atoms with van der Waals surface area (Å²) in [6.07, 6.45) is -2.12. The Morgan fingerprint density at radius 3 is 2.77 bits per heavy atom. The van der Waals surface area contributed by atoms with Crippen molar-refractivity contribution in [2.24, 2.45) is 0 Å². The van der Waals surface area contributed by atoms with Gasteiger partial charge in [-0.05, 0) is 0 Å². The summed E-state index contributed by atoms with van der Waals surface area (Å²) in [5.41, 5.74) is -2.32. The lowest BCUT2D eigenvalue weighted by atomic mass is 10.1. The lowest BCUT2D eigenvalue weighted by Gasteiger charge is -2.18. The highest BCUT2D eigenvalue weighted by atomic mass is 31.2. The number of hydrogen-bond donors (Lipinski definition) is 4. The summed E-state index contributed by atoms with van der Waals surface area (Å²) in [5.74, 6) is -1.30. The average Bonchev–Trinajstić information content (AvgIpc) is 3.21. The molecule has 1 fully saturated rings. The van der Waals surface area contributed by atoms with Crippen LogP contribution in [-0.2, 0) is 13.8 Å². The molecule has 1 saturated heterocycles. The van der Waals surface area contributed by atoms with Gasteiger partial charge in [0, 0.05) is 12.4 Å². The SMILES string of the molecule is O=c1[nH]c(=O)n([C@@H]2O[C@H](COP(=O)(O)n3ccnc3)[C@@H](O)[C@H]2O)cc1F. The van der Waals surface area contributed by atoms with E-state index in [9.17, 15) is 33.7 Å². The molecule has 0 spiro atoms. The Morgan fingerprint density at radius 2 is 2.12 bits per heavy atom. The van der Waals surface area contributed by atoms with Crippen molar-refractivity contribution in [2.45, 2.75) is 24.5 Å². The van der Waals surface area contributed by atoms with Crippen LogP contribution < -0.4 is 11.2 Å². The standard InChI is InChI=1S/C12H14FN4O8P/c13-6-3-17(12(21)15-10(6)20)11-9(19)8(18)7(25-11)4-24-26(22,23)16-2-1-14-5-16/h1-3,5,7-9,11,18-19H,4H2,(H,22,23)(H,15,20,21)/t7-,8-,9-,11-/m1/s1. The van der Waals surface area contributed by atoms with Crippen LogP contribution in [0.2, 0.25) is 0 Å². The van der Waals surface area contributed by atoms with Gasteiger partial charge < -0.3 is 19.8 Å². The molecule has 1 aliphatic heterocycles. The zero-order valence-corrected chi connectivity index (χ0v) is 13.8. The van der Waals surface area contributed by atoms with Crippen LogP contribution in [0, 0.1) is 5.82 Å². The summed E-state index contributed by atoms with van der Waals surface area (Å²) in [6, 6.07) is 0. The van der Waals surface area contributed by atoms with E-state index in [1.165, 1.54) is 12.4 Å². The van der Waals surface area contributed by atoms with Gasteiger partial charge in [-0.3, -0.25) is 18.9 Å². The predicted octanol–water partition coefficient (Wildman–Crippen LogP) is -1.84. The fraction of sp³-hybridized carbons (Fsp3) is 0.417. The summed E-state index contributed by atoms with van der Waals surface area (Å²) in [4.78, 5) is 37.9. The van der Waals surface area contributed by atoms with Crippen molar-refractivity contribution in [1.82, 2.24) is 18.9 Å². The molecule has 12 nitrogen and oxygen atoms in total. The van der Waals surface area contributed by atoms with Gasteiger partial charge in [-0.25, -0.2) is 18.7 Å². The molecule has 2 aromatic heterocycles. The van der Waals surface area contributed by atoms with Crippen LogP contribution in [-0.4, -0.2) is 58.9 Å². The molecule has 14 heteroatoms. The number of aliphatic hydroxyl groups is 2. The molecule has 3 heterocycles. The van der Waals surface area contributed by atoms with E-state index in [0.29, 0.717) is 10.8 Å². The smallest absolute Gasteiger partial charge is 0.387 e. The molecule has 2 aromatic rings. The highest BCUT2D eigenvalue weighted by molar-refractivity contribution is 7.51. The molecule has 0 bridgehead atoms. The lowest BCUT2D eigenvalue weighted by Crippen LogP contribution is -2.38. The number of hydrogen-bond acceptors (Lipinski definition) is 8. The lowest BCUT2D eigenvalue weighted by molar-refractivity contribution is -0.0532. The minimum Gasteiger partial charge on any atom is -0.387 e. The van der Waals surface area contributed by atoms with Crippen molar-refractivity contribution in [3.63, 3.8) is 0 Å². The maximum atomic E-state index is 13.4. The van der Waals surface area contributed by atoms with Crippen molar-refractivity contribution in [3.8, 4) is 0 Å². The second kappa shape index (κ2) is 6.87. The second-order valence-corrected chi connectivity index (χ2v) is 7.12. The Kier molecular flexibility index (Phi) is 4.92. The zero-order valence-electron chi connectivity index (χ0n) is 12.9. The first kappa shape index (κ1) is 18.6. The summed E-state index contributed by atoms with van der Waals surface area (Å²) in [5, 5.41) is 20.0. The van der Waals surface area contributed by atoms with Gasteiger partial charge in [0.15, 0.2) is 6.23 Å². The maximum Gasteiger partial charge on any atom is 0.437 e. The molecule has 0 aromatic carbocycles. The van der Waals surface area contributed by atoms with Crippen LogP contribution in [0.25, 0.3) is 0 Å². The first-order chi connectivity index (χ1) is 12.2. The molecule has 5 atom stereocenters. The first-order valence-corrected chi connectivity index (χ1v) is 8.72. The number of halogens is 1. The van der Waals surface area contributed by atoms with E-state index in [4.69, 9.17) is 9.26 Å². The molecule has 0 saturated carbocycles. The van der Waals surface area contributed by atoms with Crippen LogP contribution >= 0.6 is 7.75 Å². The molecule has 3 rings (SSSR count). The van der Waals surface area contributed by atoms with Gasteiger partial charge >= 0.3 is 13.4 Å². The Hall–Kier alpha value is -2.15. The Labute approximate surface area is 143 Å². The molecule has 26 heavy (non-hydrogen) atoms. The maximum absolute atomic E-state index is 13.4. The number of aromatic nitrogens is 4. The third kappa shape index (κ3) is 3.40. The number of imidazole rings is 1. The molecule has 142 valence electrons. The minimum absolute atomic E-state index is 0.521. The van der Waals surface area contributed by atoms with Crippen LogP contribution in [0.3, 0.4) is 0 Å². The number of aliphatic hydroxyl groups excluding tert-OH is 2. The molecule has 0 radical (unpaired) electrons. The molecule has 0 aliphatic carbocycles. The van der Waals surface area contributed by atoms with Gasteiger partial charge in [0.05, 0.1) is 12.8 Å². The number of rotatable bonds is 5. The normalized spacial score (nSPS) is 28.2. The number of aromatic amines is 1. The van der Waals surface area contributed by atoms with Crippen LogP contribution in [0.1, 0.15) is 6.23 Å². The van der Waals surface area contributed by atoms with Gasteiger partial charge in [0.1, 0.15) is 24.6 Å². The van der Waals surface area contributed by atoms with Gasteiger partial charge in [-0.2, -0.15) is 4.39 Å². The quantitative estimate of drug-likeness (QED) is 0.427. The van der Waals surface area contributed by atoms with Crippen LogP contribution in [0.4, 0.5) is 4.39 Å². The average molecular weight is 392 g/mol. The molecule has 0 amide bonds. The third-order valence-electron chi connectivity index (χ3n) is 3.72. The third-order valence-corrected chi connectivity index (χ3v) is 5.03. The monoisotopic (exact) mass is 392 g/mol. The highest BCUT2D eigenvalue weighted by Gasteiger charge is 2.45. The molecular weight excluding hydrogens is 378 g/mol. The Balaban J connectivity index is 1.76. The van der Waals surface area contributed by atoms with Gasteiger partial charge in [0.2, 0.25) is 5.82 Å². The van der Waals surface area contributed by atoms with Gasteiger partial charge in [-0.15, -0.1) is 0 Å². The first-order valence-electron chi connectivity index (χ1n) is 7.19. The van der Waals surface area contributed by atoms with E-state index in [2.05, 4.69) is 4.98 Å². The Bertz CT molecular complexity index is 943. The predicted molar refractivity (Wildman–Crippen MR) is 80.6 cm³/mol. The van der Waals surface area contributed by atoms with Gasteiger partial charge in [0.25, 0.3) is 5.56 Å². The van der Waals surface area contributed by atoms with E-state index in [0.717, 1.165) is 10.7 Å². The molecular formula is C12H14FN4O8P. The Morgan fingerprint density at radius 1 is 1.38 bits per heavy atom. The van der Waals surface area contributed by atoms with E-state index in [-0.39, 0.29) is 0 Å². The second-order valence-electron chi connectivity index (χ2n) is 5.42. The van der Waals surface area contributed by atoms with Gasteiger partial charge in [-0.1, -0.05) is 0 Å². The van der Waals surface area contributed by atoms with Crippen molar-refractivity contribution >= 4 is 7.75 Å². The van der Waals surface area contributed by atoms with Crippen LogP contribution in [0.15, 0.2) is 34.5 Å². The van der Waals surface area contributed by atoms with Crippen molar-refractivity contribution in [1.29, 1.82) is 0 Å². The van der Waals surface area contributed by atoms with E-state index >= 15 is 0 Å². The molecule has 4 N–H and O–H groups in total. The van der Waals surface area contributed by atoms with Crippen molar-refractivity contribution in [3.05, 3.63) is 51.6 Å². The fourth-order valence-corrected chi connectivity index (χ4v) is 3.28. The fourth-order valence-electron chi connectivity index (χ4n) is 2.39. The summed E-state index contributed by atoms with van der Waals surface area (Å²) in [6.45, 7) is -0.624. The van der Waals surface area contributed by atoms with Crippen molar-refractivity contribution < 1.29 is 33.3 Å². The van der Waals surface area contributed by atoms with Crippen molar-refractivity contribution in [2.75, 3.05) is 6.61 Å². The topological polar surface area (TPSA) is 169 Å².